The number of hydrogen-bond acceptors (Lipinski definition) is 5. The average Bonchev–Trinajstić information content (AvgIpc) is 3.20. The van der Waals surface area contributed by atoms with Gasteiger partial charge in [0.2, 0.25) is 0 Å². The Morgan fingerprint density at radius 1 is 0.862 bits per heavy atom. The van der Waals surface area contributed by atoms with Crippen molar-refractivity contribution in [1.82, 2.24) is 0 Å². The number of nitrogens with zero attached hydrogens (tertiary/aromatic N) is 2. The molecule has 0 saturated heterocycles. The number of esters is 1. The van der Waals surface area contributed by atoms with Crippen molar-refractivity contribution in [3.05, 3.63) is 96.1 Å². The third-order valence-electron chi connectivity index (χ3n) is 5.09. The van der Waals surface area contributed by atoms with Gasteiger partial charge in [0, 0.05) is 0 Å². The van der Waals surface area contributed by atoms with Crippen LogP contribution in [0.25, 0.3) is 0 Å². The quantitative estimate of drug-likeness (QED) is 0.608. The van der Waals surface area contributed by atoms with Gasteiger partial charge in [-0.15, -0.1) is 0 Å². The Balaban J connectivity index is 1.87. The fourth-order valence-electron chi connectivity index (χ4n) is 3.68. The Kier molecular flexibility index (Phi) is 5.29. The van der Waals surface area contributed by atoms with Gasteiger partial charge in [0.15, 0.2) is 0 Å². The molecule has 3 aromatic rings. The molecule has 0 saturated carbocycles. The summed E-state index contributed by atoms with van der Waals surface area (Å²) < 4.78 is 10.5. The van der Waals surface area contributed by atoms with E-state index in [0.29, 0.717) is 5.71 Å². The molecule has 29 heavy (non-hydrogen) atoms. The van der Waals surface area contributed by atoms with Crippen molar-refractivity contribution in [2.45, 2.75) is 6.04 Å². The van der Waals surface area contributed by atoms with Crippen LogP contribution < -0.4 is 9.75 Å². The summed E-state index contributed by atoms with van der Waals surface area (Å²) in [4.78, 5) is 12.9. The van der Waals surface area contributed by atoms with E-state index in [2.05, 4.69) is 0 Å². The summed E-state index contributed by atoms with van der Waals surface area (Å²) in [6.07, 6.45) is 0. The maximum absolute atomic E-state index is 12.9. The molecule has 0 bridgehead atoms. The molecule has 5 nitrogen and oxygen atoms in total. The fraction of sp³-hybridized carbons (Fsp3) is 0.167. The minimum Gasteiger partial charge on any atom is -0.497 e. The van der Waals surface area contributed by atoms with Crippen LogP contribution in [-0.4, -0.2) is 25.9 Å². The monoisotopic (exact) mass is 386 g/mol. The maximum atomic E-state index is 12.9. The minimum absolute atomic E-state index is 0.308. The lowest BCUT2D eigenvalue weighted by molar-refractivity contribution is -0.143. The highest BCUT2D eigenvalue weighted by Crippen LogP contribution is 2.41. The average molecular weight is 386 g/mol. The summed E-state index contributed by atoms with van der Waals surface area (Å²) in [5, 5.41) is 6.80. The van der Waals surface area contributed by atoms with Crippen LogP contribution in [0, 0.1) is 5.92 Å². The van der Waals surface area contributed by atoms with Crippen molar-refractivity contribution in [2.24, 2.45) is 11.0 Å². The van der Waals surface area contributed by atoms with Crippen molar-refractivity contribution in [2.75, 3.05) is 19.2 Å². The predicted octanol–water partition coefficient (Wildman–Crippen LogP) is 4.45. The van der Waals surface area contributed by atoms with Crippen LogP contribution in [0.1, 0.15) is 17.2 Å². The molecular formula is C24H22N2O3. The Labute approximate surface area is 170 Å². The van der Waals surface area contributed by atoms with Crippen molar-refractivity contribution in [3.8, 4) is 5.75 Å². The van der Waals surface area contributed by atoms with E-state index in [4.69, 9.17) is 14.6 Å². The van der Waals surface area contributed by atoms with Gasteiger partial charge in [0.1, 0.15) is 11.7 Å². The lowest BCUT2D eigenvalue weighted by Gasteiger charge is -2.27. The summed E-state index contributed by atoms with van der Waals surface area (Å²) in [6.45, 7) is 0. The van der Waals surface area contributed by atoms with Crippen molar-refractivity contribution in [3.63, 3.8) is 0 Å². The van der Waals surface area contributed by atoms with E-state index in [9.17, 15) is 4.79 Å². The first-order valence-corrected chi connectivity index (χ1v) is 9.43. The van der Waals surface area contributed by atoms with Crippen LogP contribution in [0.4, 0.5) is 5.69 Å². The van der Waals surface area contributed by atoms with E-state index in [1.165, 1.54) is 7.11 Å². The van der Waals surface area contributed by atoms with Gasteiger partial charge in [-0.1, -0.05) is 60.7 Å². The number of benzene rings is 3. The van der Waals surface area contributed by atoms with Gasteiger partial charge in [-0.3, -0.25) is 9.80 Å². The third-order valence-corrected chi connectivity index (χ3v) is 5.09. The molecule has 0 unspecified atom stereocenters. The lowest BCUT2D eigenvalue weighted by atomic mass is 9.87. The Morgan fingerprint density at radius 2 is 1.48 bits per heavy atom. The summed E-state index contributed by atoms with van der Waals surface area (Å²) >= 11 is 0. The van der Waals surface area contributed by atoms with Crippen LogP contribution in [0.2, 0.25) is 0 Å². The van der Waals surface area contributed by atoms with Gasteiger partial charge in [0.25, 0.3) is 0 Å². The molecule has 1 heterocycles. The van der Waals surface area contributed by atoms with Crippen molar-refractivity contribution >= 4 is 17.4 Å². The first-order chi connectivity index (χ1) is 14.2. The molecule has 5 heteroatoms. The van der Waals surface area contributed by atoms with Crippen LogP contribution in [0.15, 0.2) is 90.0 Å². The SMILES string of the molecule is COC(=O)[C@H]1C(c2ccccc2)=NN(c2ccc(OC)cc2)[C@@H]1c1ccccc1. The minimum atomic E-state index is -0.549. The molecule has 4 rings (SSSR count). The number of anilines is 1. The molecule has 146 valence electrons. The topological polar surface area (TPSA) is 51.1 Å². The Bertz CT molecular complexity index is 1000. The van der Waals surface area contributed by atoms with Crippen LogP contribution >= 0.6 is 0 Å². The van der Waals surface area contributed by atoms with E-state index >= 15 is 0 Å². The van der Waals surface area contributed by atoms with E-state index in [0.717, 1.165) is 22.6 Å². The normalized spacial score (nSPS) is 18.3. The molecule has 1 aliphatic heterocycles. The highest BCUT2D eigenvalue weighted by atomic mass is 16.5. The Morgan fingerprint density at radius 3 is 2.07 bits per heavy atom. The second-order valence-electron chi connectivity index (χ2n) is 6.75. The number of ether oxygens (including phenoxy) is 2. The van der Waals surface area contributed by atoms with Crippen molar-refractivity contribution in [1.29, 1.82) is 0 Å². The number of rotatable bonds is 5. The smallest absolute Gasteiger partial charge is 0.317 e. The summed E-state index contributed by atoms with van der Waals surface area (Å²) in [5.74, 6) is -0.0923. The molecular weight excluding hydrogens is 364 g/mol. The molecule has 0 N–H and O–H groups in total. The molecule has 0 amide bonds. The molecule has 0 spiro atoms. The highest BCUT2D eigenvalue weighted by Gasteiger charge is 2.44. The zero-order valence-electron chi connectivity index (χ0n) is 16.4. The first-order valence-electron chi connectivity index (χ1n) is 9.43. The van der Waals surface area contributed by atoms with E-state index < -0.39 is 5.92 Å². The van der Waals surface area contributed by atoms with Crippen LogP contribution in [0.5, 0.6) is 5.75 Å². The summed E-state index contributed by atoms with van der Waals surface area (Å²) in [6, 6.07) is 27.1. The molecule has 3 aromatic carbocycles. The van der Waals surface area contributed by atoms with Crippen molar-refractivity contribution < 1.29 is 14.3 Å². The first kappa shape index (κ1) is 18.7. The molecule has 0 aliphatic carbocycles. The fourth-order valence-corrected chi connectivity index (χ4v) is 3.68. The molecule has 0 fully saturated rings. The molecule has 2 atom stereocenters. The Hall–Kier alpha value is -3.60. The molecule has 0 aromatic heterocycles. The van der Waals surface area contributed by atoms with E-state index in [-0.39, 0.29) is 12.0 Å². The largest absolute Gasteiger partial charge is 0.497 e. The van der Waals surface area contributed by atoms with Crippen LogP contribution in [-0.2, 0) is 9.53 Å². The van der Waals surface area contributed by atoms with E-state index in [1.807, 2.05) is 89.9 Å². The number of carbonyl (C=O) groups excluding carboxylic acids is 1. The second kappa shape index (κ2) is 8.19. The standard InChI is InChI=1S/C24H22N2O3/c1-28-20-15-13-19(14-16-20)26-23(18-11-7-4-8-12-18)21(24(27)29-2)22(25-26)17-9-5-3-6-10-17/h3-16,21,23H,1-2H3/t21-,23+/m0/s1. The zero-order valence-corrected chi connectivity index (χ0v) is 16.4. The van der Waals surface area contributed by atoms with Gasteiger partial charge < -0.3 is 9.47 Å². The molecule has 1 aliphatic rings. The molecule has 0 radical (unpaired) electrons. The number of carbonyl (C=O) groups is 1. The number of hydrazone groups is 1. The zero-order chi connectivity index (χ0) is 20.2. The predicted molar refractivity (Wildman–Crippen MR) is 113 cm³/mol. The lowest BCUT2D eigenvalue weighted by Crippen LogP contribution is -2.32. The van der Waals surface area contributed by atoms with Gasteiger partial charge >= 0.3 is 5.97 Å². The van der Waals surface area contributed by atoms with Gasteiger partial charge in [-0.2, -0.15) is 5.10 Å². The van der Waals surface area contributed by atoms with E-state index in [1.54, 1.807) is 7.11 Å². The third kappa shape index (κ3) is 3.59. The van der Waals surface area contributed by atoms with Gasteiger partial charge in [-0.05, 0) is 35.4 Å². The summed E-state index contributed by atoms with van der Waals surface area (Å²) in [7, 11) is 3.06. The van der Waals surface area contributed by atoms with Crippen LogP contribution in [0.3, 0.4) is 0 Å². The van der Waals surface area contributed by atoms with Gasteiger partial charge in [-0.25, -0.2) is 0 Å². The number of methoxy groups -OCH3 is 2. The highest BCUT2D eigenvalue weighted by molar-refractivity contribution is 6.14. The second-order valence-corrected chi connectivity index (χ2v) is 6.75. The number of hydrogen-bond donors (Lipinski definition) is 0. The van der Waals surface area contributed by atoms with Gasteiger partial charge in [0.05, 0.1) is 31.7 Å². The maximum Gasteiger partial charge on any atom is 0.317 e. The summed E-state index contributed by atoms with van der Waals surface area (Å²) in [5.41, 5.74) is 3.47.